The predicted octanol–water partition coefficient (Wildman–Crippen LogP) is 1.39. The molecule has 1 aromatic carbocycles. The first kappa shape index (κ1) is 14.5. The maximum atomic E-state index is 12.1. The Morgan fingerprint density at radius 2 is 2.00 bits per heavy atom. The number of rotatable bonds is 6. The molecule has 6 nitrogen and oxygen atoms in total. The molecule has 0 aliphatic rings. The van der Waals surface area contributed by atoms with Gasteiger partial charge in [0, 0.05) is 24.8 Å². The lowest BCUT2D eigenvalue weighted by Crippen LogP contribution is -2.23. The van der Waals surface area contributed by atoms with Gasteiger partial charge in [-0.2, -0.15) is 5.10 Å². The van der Waals surface area contributed by atoms with Crippen LogP contribution in [-0.4, -0.2) is 25.3 Å². The quantitative estimate of drug-likeness (QED) is 0.874. The van der Waals surface area contributed by atoms with Gasteiger partial charge in [0.05, 0.1) is 18.2 Å². The van der Waals surface area contributed by atoms with Gasteiger partial charge in [-0.05, 0) is 31.2 Å². The third-order valence-electron chi connectivity index (χ3n) is 2.85. The fraction of sp³-hybridized carbons (Fsp3) is 0.308. The van der Waals surface area contributed by atoms with Crippen molar-refractivity contribution in [1.29, 1.82) is 0 Å². The molecule has 1 heterocycles. The Kier molecular flexibility index (Phi) is 4.41. The SMILES string of the molecule is CCn1cc(CNS(=O)(=O)c2ccc(OC)cc2)cn1. The van der Waals surface area contributed by atoms with Crippen LogP contribution >= 0.6 is 0 Å². The van der Waals surface area contributed by atoms with E-state index in [2.05, 4.69) is 9.82 Å². The maximum absolute atomic E-state index is 12.1. The third kappa shape index (κ3) is 3.37. The highest BCUT2D eigenvalue weighted by Crippen LogP contribution is 2.15. The molecule has 0 saturated heterocycles. The average molecular weight is 295 g/mol. The number of nitrogens with one attached hydrogen (secondary N) is 1. The van der Waals surface area contributed by atoms with Gasteiger partial charge >= 0.3 is 0 Å². The molecule has 2 rings (SSSR count). The van der Waals surface area contributed by atoms with Gasteiger partial charge in [-0.25, -0.2) is 13.1 Å². The summed E-state index contributed by atoms with van der Waals surface area (Å²) in [4.78, 5) is 0.209. The number of hydrogen-bond acceptors (Lipinski definition) is 4. The number of methoxy groups -OCH3 is 1. The molecule has 1 aromatic heterocycles. The fourth-order valence-corrected chi connectivity index (χ4v) is 2.70. The number of benzene rings is 1. The van der Waals surface area contributed by atoms with E-state index in [1.807, 2.05) is 13.1 Å². The molecule has 2 aromatic rings. The Bertz CT molecular complexity index is 662. The zero-order valence-corrected chi connectivity index (χ0v) is 12.2. The van der Waals surface area contributed by atoms with Gasteiger partial charge in [-0.1, -0.05) is 0 Å². The number of aromatic nitrogens is 2. The van der Waals surface area contributed by atoms with Crippen molar-refractivity contribution in [2.45, 2.75) is 24.9 Å². The molecule has 7 heteroatoms. The average Bonchev–Trinajstić information content (AvgIpc) is 2.93. The molecule has 0 aliphatic carbocycles. The number of aryl methyl sites for hydroxylation is 1. The van der Waals surface area contributed by atoms with Crippen LogP contribution in [0.5, 0.6) is 5.75 Å². The molecule has 0 atom stereocenters. The van der Waals surface area contributed by atoms with Crippen LogP contribution < -0.4 is 9.46 Å². The summed E-state index contributed by atoms with van der Waals surface area (Å²) in [5, 5.41) is 4.10. The van der Waals surface area contributed by atoms with Crippen molar-refractivity contribution in [3.05, 3.63) is 42.2 Å². The Morgan fingerprint density at radius 1 is 1.30 bits per heavy atom. The Hall–Kier alpha value is -1.86. The van der Waals surface area contributed by atoms with Crippen LogP contribution in [-0.2, 0) is 23.1 Å². The highest BCUT2D eigenvalue weighted by molar-refractivity contribution is 7.89. The molecule has 1 N–H and O–H groups in total. The molecule has 0 fully saturated rings. The lowest BCUT2D eigenvalue weighted by molar-refractivity contribution is 0.414. The van der Waals surface area contributed by atoms with Gasteiger partial charge in [0.2, 0.25) is 10.0 Å². The minimum Gasteiger partial charge on any atom is -0.497 e. The zero-order valence-electron chi connectivity index (χ0n) is 11.4. The Morgan fingerprint density at radius 3 is 2.55 bits per heavy atom. The number of ether oxygens (including phenoxy) is 1. The fourth-order valence-electron chi connectivity index (χ4n) is 1.69. The standard InChI is InChI=1S/C13H17N3O3S/c1-3-16-10-11(8-14-16)9-15-20(17,18)13-6-4-12(19-2)5-7-13/h4-8,10,15H,3,9H2,1-2H3. The number of nitrogens with zero attached hydrogens (tertiary/aromatic N) is 2. The van der Waals surface area contributed by atoms with Crippen molar-refractivity contribution in [3.63, 3.8) is 0 Å². The van der Waals surface area contributed by atoms with Crippen molar-refractivity contribution >= 4 is 10.0 Å². The molecule has 0 aliphatic heterocycles. The molecule has 0 bridgehead atoms. The van der Waals surface area contributed by atoms with Gasteiger partial charge in [0.15, 0.2) is 0 Å². The van der Waals surface area contributed by atoms with Gasteiger partial charge in [0.1, 0.15) is 5.75 Å². The van der Waals surface area contributed by atoms with E-state index < -0.39 is 10.0 Å². The first-order valence-electron chi connectivity index (χ1n) is 6.20. The summed E-state index contributed by atoms with van der Waals surface area (Å²) in [5.74, 6) is 0.619. The van der Waals surface area contributed by atoms with Crippen molar-refractivity contribution in [1.82, 2.24) is 14.5 Å². The Balaban J connectivity index is 2.06. The van der Waals surface area contributed by atoms with Crippen molar-refractivity contribution in [2.24, 2.45) is 0 Å². The van der Waals surface area contributed by atoms with E-state index in [4.69, 9.17) is 4.74 Å². The van der Waals surface area contributed by atoms with Crippen LogP contribution in [0.15, 0.2) is 41.6 Å². The van der Waals surface area contributed by atoms with E-state index >= 15 is 0 Å². The molecule has 0 radical (unpaired) electrons. The third-order valence-corrected chi connectivity index (χ3v) is 4.26. The second kappa shape index (κ2) is 6.06. The van der Waals surface area contributed by atoms with Crippen molar-refractivity contribution in [3.8, 4) is 5.75 Å². The van der Waals surface area contributed by atoms with E-state index in [9.17, 15) is 8.42 Å². The lowest BCUT2D eigenvalue weighted by Gasteiger charge is -2.06. The van der Waals surface area contributed by atoms with E-state index in [1.54, 1.807) is 23.0 Å². The molecule has 0 unspecified atom stereocenters. The molecular formula is C13H17N3O3S. The number of sulfonamides is 1. The summed E-state index contributed by atoms with van der Waals surface area (Å²) in [6, 6.07) is 6.25. The van der Waals surface area contributed by atoms with E-state index in [1.165, 1.54) is 19.2 Å². The molecular weight excluding hydrogens is 278 g/mol. The second-order valence-electron chi connectivity index (χ2n) is 4.20. The lowest BCUT2D eigenvalue weighted by atomic mass is 10.3. The van der Waals surface area contributed by atoms with Crippen LogP contribution in [0.3, 0.4) is 0 Å². The van der Waals surface area contributed by atoms with E-state index in [-0.39, 0.29) is 11.4 Å². The summed E-state index contributed by atoms with van der Waals surface area (Å²) >= 11 is 0. The van der Waals surface area contributed by atoms with Crippen LogP contribution in [0.2, 0.25) is 0 Å². The zero-order chi connectivity index (χ0) is 14.6. The van der Waals surface area contributed by atoms with Crippen molar-refractivity contribution in [2.75, 3.05) is 7.11 Å². The van der Waals surface area contributed by atoms with Gasteiger partial charge in [-0.15, -0.1) is 0 Å². The summed E-state index contributed by atoms with van der Waals surface area (Å²) in [7, 11) is -1.99. The predicted molar refractivity (Wildman–Crippen MR) is 74.9 cm³/mol. The highest BCUT2D eigenvalue weighted by atomic mass is 32.2. The Labute approximate surface area is 118 Å². The second-order valence-corrected chi connectivity index (χ2v) is 5.97. The minimum absolute atomic E-state index is 0.209. The minimum atomic E-state index is -3.52. The smallest absolute Gasteiger partial charge is 0.240 e. The van der Waals surface area contributed by atoms with Crippen LogP contribution in [0.1, 0.15) is 12.5 Å². The molecule has 0 spiro atoms. The van der Waals surface area contributed by atoms with Crippen LogP contribution in [0, 0.1) is 0 Å². The van der Waals surface area contributed by atoms with Crippen LogP contribution in [0.4, 0.5) is 0 Å². The molecule has 0 amide bonds. The molecule has 108 valence electrons. The normalized spacial score (nSPS) is 11.5. The first-order chi connectivity index (χ1) is 9.55. The highest BCUT2D eigenvalue weighted by Gasteiger charge is 2.14. The monoisotopic (exact) mass is 295 g/mol. The number of hydrogen-bond donors (Lipinski definition) is 1. The summed E-state index contributed by atoms with van der Waals surface area (Å²) < 4.78 is 33.5. The maximum Gasteiger partial charge on any atom is 0.240 e. The molecule has 0 saturated carbocycles. The summed E-state index contributed by atoms with van der Waals surface area (Å²) in [5.41, 5.74) is 0.823. The summed E-state index contributed by atoms with van der Waals surface area (Å²) in [6.45, 7) is 2.94. The van der Waals surface area contributed by atoms with Gasteiger partial charge in [0.25, 0.3) is 0 Å². The largest absolute Gasteiger partial charge is 0.497 e. The van der Waals surface area contributed by atoms with Gasteiger partial charge < -0.3 is 4.74 Å². The first-order valence-corrected chi connectivity index (χ1v) is 7.68. The van der Waals surface area contributed by atoms with Gasteiger partial charge in [-0.3, -0.25) is 4.68 Å². The van der Waals surface area contributed by atoms with E-state index in [0.717, 1.165) is 12.1 Å². The van der Waals surface area contributed by atoms with Crippen molar-refractivity contribution < 1.29 is 13.2 Å². The van der Waals surface area contributed by atoms with E-state index in [0.29, 0.717) is 5.75 Å². The topological polar surface area (TPSA) is 73.2 Å². The summed E-state index contributed by atoms with van der Waals surface area (Å²) in [6.07, 6.45) is 3.47. The molecule has 20 heavy (non-hydrogen) atoms. The van der Waals surface area contributed by atoms with Crippen LogP contribution in [0.25, 0.3) is 0 Å².